The van der Waals surface area contributed by atoms with Crippen LogP contribution in [0.25, 0.3) is 0 Å². The summed E-state index contributed by atoms with van der Waals surface area (Å²) in [5, 5.41) is 66.2. The van der Waals surface area contributed by atoms with Gasteiger partial charge in [-0.25, -0.2) is 0 Å². The maximum absolute atomic E-state index is 13.6. The van der Waals surface area contributed by atoms with Gasteiger partial charge in [0.25, 0.3) is 0 Å². The highest BCUT2D eigenvalue weighted by molar-refractivity contribution is 6.01. The topological polar surface area (TPSA) is 433 Å². The summed E-state index contributed by atoms with van der Waals surface area (Å²) in [5.74, 6) is -10.9. The second kappa shape index (κ2) is 60.6. The van der Waals surface area contributed by atoms with E-state index >= 15 is 0 Å². The zero-order valence-electron chi connectivity index (χ0n) is 96.9. The van der Waals surface area contributed by atoms with E-state index in [-0.39, 0.29) is 191 Å². The molecule has 0 radical (unpaired) electrons. The molecule has 0 aromatic heterocycles. The first-order valence-electron chi connectivity index (χ1n) is 55.6. The van der Waals surface area contributed by atoms with Gasteiger partial charge < -0.3 is 107 Å². The number of ether oxygens (including phenoxy) is 12. The smallest absolute Gasteiger partial charge is 0.316 e. The zero-order chi connectivity index (χ0) is 112. The molecule has 0 bridgehead atoms. The molecule has 6 N–H and O–H groups in total. The third-order valence-corrected chi connectivity index (χ3v) is 33.5. The lowest BCUT2D eigenvalue weighted by molar-refractivity contribution is -0.283. The van der Waals surface area contributed by atoms with Gasteiger partial charge in [-0.3, -0.25) is 52.7 Å². The third kappa shape index (κ3) is 36.9. The van der Waals surface area contributed by atoms with Crippen LogP contribution in [0, 0.1) is 124 Å². The van der Waals surface area contributed by atoms with Crippen LogP contribution >= 0.6 is 0 Å². The van der Waals surface area contributed by atoms with Gasteiger partial charge in [0.15, 0.2) is 42.5 Å². The Labute approximate surface area is 881 Å². The van der Waals surface area contributed by atoms with E-state index < -0.39 is 170 Å². The number of Topliss-reactive ketones (excluding diaryl/α,β-unsaturated/α-hetero) is 7. The van der Waals surface area contributed by atoms with Crippen molar-refractivity contribution in [3.05, 3.63) is 11.6 Å². The molecule has 0 amide bonds. The molecule has 0 aromatic rings. The lowest BCUT2D eigenvalue weighted by Crippen LogP contribution is -2.56. The minimum absolute atomic E-state index is 0.00726. The Balaban J connectivity index is 0.000000345. The van der Waals surface area contributed by atoms with Crippen molar-refractivity contribution in [3.63, 3.8) is 0 Å². The summed E-state index contributed by atoms with van der Waals surface area (Å²) in [6.45, 7) is 56.1. The highest BCUT2D eigenvalue weighted by Gasteiger charge is 2.52. The number of carbonyl (C=O) groups is 11. The average molecular weight is 2090 g/mol. The van der Waals surface area contributed by atoms with Crippen molar-refractivity contribution in [3.8, 4) is 0 Å². The lowest BCUT2D eigenvalue weighted by Gasteiger charge is -2.44. The third-order valence-electron chi connectivity index (χ3n) is 33.5. The summed E-state index contributed by atoms with van der Waals surface area (Å²) in [6, 6.07) is -0.631. The Kier molecular flexibility index (Phi) is 54.4. The molecule has 33 heteroatoms. The standard InChI is InChI=1S/C29H51NO7.C29H49NO7.C28H51NO8.C28H49NO7/c2*1-11-23-15(2)12-16(3)24(31)17(4)13-18(5)27(20(7)25(32)21(8)28(34)36-23)37-29-26(33)22(30(9)10)14-19(6)35-29;1-10-20-13-22(30)17(5)23(31)14(2)11-15(3)26(18(6)24(32)19(7)27(34)36-20)37-28-25(33)21(29(8)9)12-16(4)35-28;1-10-23-15(2)11-16(3)25(32)17(4)12-18(5)27(20(7)22(30)14-24(31)35-23)36-28-26(33)21(29(8)9)13-19(6)34-28/h15-23,26-27,29,33H,11-14H2,1-10H3;12,15,17-23,26-27,29,33H,11,13-14H2,1-10H3;14-22,24-26,28,30,32-33H,10-13H2,1-9H3;15-21,23,26-28,33H,10-14H2,1-9H3/b;16-12+;;/t15-,16-,17-,18+,19?,20+,21-,22?,23-,26?,27+,29?;15-,17-,18+,19?,20+,21-,22?,23-,26?,27+,29?;14-,15+,16?,17-,18+,19-,20-,21?,22+,24+,25?,26+,28?;15-,16-,17-,18+,19?,20+,21?,23-,26?,27+,28?/m1111/s1. The summed E-state index contributed by atoms with van der Waals surface area (Å²) < 4.78 is 72.5. The fraction of sp³-hybridized carbons (Fsp3) is 0.886. The van der Waals surface area contributed by atoms with E-state index in [4.69, 9.17) is 56.8 Å². The molecule has 16 unspecified atom stereocenters. The molecule has 0 spiro atoms. The van der Waals surface area contributed by atoms with Gasteiger partial charge in [0.1, 0.15) is 90.2 Å². The number of cyclic esters (lactones) is 4. The van der Waals surface area contributed by atoms with Gasteiger partial charge in [-0.1, -0.05) is 158 Å². The number of hydrogen-bond acceptors (Lipinski definition) is 33. The van der Waals surface area contributed by atoms with E-state index in [0.717, 1.165) is 0 Å². The van der Waals surface area contributed by atoms with Crippen LogP contribution in [0.15, 0.2) is 11.6 Å². The van der Waals surface area contributed by atoms with Crippen LogP contribution in [0.4, 0.5) is 0 Å². The number of rotatable bonds is 16. The van der Waals surface area contributed by atoms with Crippen LogP contribution in [0.2, 0.25) is 0 Å². The van der Waals surface area contributed by atoms with Gasteiger partial charge in [-0.05, 0) is 243 Å². The second-order valence-corrected chi connectivity index (χ2v) is 47.3. The molecule has 8 heterocycles. The van der Waals surface area contributed by atoms with Gasteiger partial charge in [0.2, 0.25) is 0 Å². The molecule has 7 fully saturated rings. The molecule has 0 aliphatic carbocycles. The molecule has 47 atom stereocenters. The first-order valence-corrected chi connectivity index (χ1v) is 55.6. The van der Waals surface area contributed by atoms with Crippen molar-refractivity contribution in [2.45, 2.75) is 470 Å². The number of allylic oxidation sites excluding steroid dienone is 1. The van der Waals surface area contributed by atoms with Crippen LogP contribution < -0.4 is 0 Å². The fourth-order valence-electron chi connectivity index (χ4n) is 23.8. The molecular weight excluding hydrogens is 1890 g/mol. The highest BCUT2D eigenvalue weighted by atomic mass is 16.7. The average Bonchev–Trinajstić information content (AvgIpc) is 0.810. The SMILES string of the molecule is CC[C@@H]1C[C@H](O)[C@@H](C)C(=O)[C@H](C)C[C@H](C)[C@H](OC2OC(C)CC(N(C)C)C2O)[C@@H](C)[C@H](O)[C@@H](C)C(=O)O1.CC[C@H]1OC(=O)CC(=O)[C@H](C)[C@@H](OC2OC(C)CC(N(C)C)C2O)[C@@H](C)C[C@@H](C)C(=O)[C@H](C)C[C@H]1C.CC[C@H]1OC(=O)[C@H](C)C(=O)[C@H](C)[C@@H](OC2OC(C)CC(N(C)C)C2O)[C@@H](C)C[C@@H](C)C(=O)/C(C)=C/[C@H]1C.CC[C@H]1OC(=O)[C@H](C)C(=O)[C@H](C)[C@@H](OC2OC(C)CC(N(C)C)C2O)[C@@H](C)C[C@@H](C)C(=O)[C@H](C)C[C@H]1C. The monoisotopic (exact) mass is 2090 g/mol. The Morgan fingerprint density at radius 3 is 0.939 bits per heavy atom. The quantitative estimate of drug-likeness (QED) is 0.0475. The van der Waals surface area contributed by atoms with Crippen LogP contribution in [0.5, 0.6) is 0 Å². The van der Waals surface area contributed by atoms with Gasteiger partial charge >= 0.3 is 23.9 Å². The predicted molar refractivity (Wildman–Crippen MR) is 560 cm³/mol. The molecule has 0 aromatic carbocycles. The maximum atomic E-state index is 13.6. The molecule has 7 saturated heterocycles. The van der Waals surface area contributed by atoms with Crippen molar-refractivity contribution in [2.24, 2.45) is 124 Å². The first-order chi connectivity index (χ1) is 68.3. The highest BCUT2D eigenvalue weighted by Crippen LogP contribution is 2.42. The second-order valence-electron chi connectivity index (χ2n) is 47.3. The number of aliphatic hydroxyl groups is 6. The van der Waals surface area contributed by atoms with E-state index in [1.165, 1.54) is 0 Å². The number of aliphatic hydroxyl groups excluding tert-OH is 6. The minimum Gasteiger partial charge on any atom is -0.462 e. The van der Waals surface area contributed by atoms with Gasteiger partial charge in [-0.15, -0.1) is 0 Å². The molecule has 147 heavy (non-hydrogen) atoms. The Hall–Kier alpha value is -5.41. The van der Waals surface area contributed by atoms with E-state index in [2.05, 4.69) is 0 Å². The van der Waals surface area contributed by atoms with Crippen molar-refractivity contribution in [1.29, 1.82) is 0 Å². The van der Waals surface area contributed by atoms with Crippen LogP contribution in [-0.4, -0.2) is 330 Å². The summed E-state index contributed by atoms with van der Waals surface area (Å²) >= 11 is 0. The van der Waals surface area contributed by atoms with Gasteiger partial charge in [0, 0.05) is 102 Å². The summed E-state index contributed by atoms with van der Waals surface area (Å²) in [5.41, 5.74) is 0.641. The predicted octanol–water partition coefficient (Wildman–Crippen LogP) is 13.7. The van der Waals surface area contributed by atoms with Crippen molar-refractivity contribution >= 4 is 64.4 Å². The Morgan fingerprint density at radius 1 is 0.306 bits per heavy atom. The van der Waals surface area contributed by atoms with Crippen molar-refractivity contribution in [2.75, 3.05) is 56.4 Å². The van der Waals surface area contributed by atoms with Crippen molar-refractivity contribution < 1.29 is 140 Å². The van der Waals surface area contributed by atoms with Gasteiger partial charge in [0.05, 0.1) is 67.0 Å². The molecule has 850 valence electrons. The van der Waals surface area contributed by atoms with Crippen LogP contribution in [0.3, 0.4) is 0 Å². The molecule has 8 aliphatic heterocycles. The summed E-state index contributed by atoms with van der Waals surface area (Å²) in [7, 11) is 15.2. The molecule has 8 aliphatic rings. The number of hydrogen-bond donors (Lipinski definition) is 6. The van der Waals surface area contributed by atoms with Crippen LogP contribution in [0.1, 0.15) is 310 Å². The van der Waals surface area contributed by atoms with E-state index in [9.17, 15) is 83.4 Å². The lowest BCUT2D eigenvalue weighted by atomic mass is 9.78. The van der Waals surface area contributed by atoms with E-state index in [1.807, 2.05) is 234 Å². The fourth-order valence-corrected chi connectivity index (χ4v) is 23.8. The minimum atomic E-state index is -1.09. The number of carbonyl (C=O) groups excluding carboxylic acids is 11. The number of ketones is 7. The Bertz CT molecular complexity index is 4150. The van der Waals surface area contributed by atoms with Crippen molar-refractivity contribution in [1.82, 2.24) is 19.6 Å². The largest absolute Gasteiger partial charge is 0.462 e. The molecule has 8 rings (SSSR count). The molecule has 33 nitrogen and oxygen atoms in total. The summed E-state index contributed by atoms with van der Waals surface area (Å²) in [4.78, 5) is 153. The summed E-state index contributed by atoms with van der Waals surface area (Å²) in [6.07, 6.45) is -4.20. The van der Waals surface area contributed by atoms with E-state index in [1.54, 1.807) is 55.4 Å². The first kappa shape index (κ1) is 132. The Morgan fingerprint density at radius 2 is 0.605 bits per heavy atom. The van der Waals surface area contributed by atoms with E-state index in [0.29, 0.717) is 95.5 Å². The number of esters is 4. The maximum Gasteiger partial charge on any atom is 0.316 e. The number of nitrogens with zero attached hydrogens (tertiary/aromatic N) is 4. The number of likely N-dealkylation sites (N-methyl/N-ethyl adjacent to an activating group) is 4. The normalized spacial score (nSPS) is 43.4. The van der Waals surface area contributed by atoms with Crippen LogP contribution in [-0.2, 0) is 110 Å². The zero-order valence-corrected chi connectivity index (χ0v) is 96.9. The molecular formula is C114H200N4O29. The van der Waals surface area contributed by atoms with Gasteiger partial charge in [-0.2, -0.15) is 0 Å². The molecule has 0 saturated carbocycles.